The van der Waals surface area contributed by atoms with Crippen molar-refractivity contribution in [1.82, 2.24) is 15.5 Å². The molecule has 4 aliphatic carbocycles. The summed E-state index contributed by atoms with van der Waals surface area (Å²) in [6, 6.07) is 7.76. The SMILES string of the molecule is O=C(Nc1cccc(OCCCCCN2CCNCC2)c1)NC12CC3CC(CC(C3)C1)C2. The Morgan fingerprint density at radius 1 is 1.03 bits per heavy atom. The molecule has 32 heavy (non-hydrogen) atoms. The Morgan fingerprint density at radius 2 is 1.75 bits per heavy atom. The quantitative estimate of drug-likeness (QED) is 0.503. The zero-order valence-corrected chi connectivity index (χ0v) is 19.4. The van der Waals surface area contributed by atoms with Crippen LogP contribution in [0.25, 0.3) is 0 Å². The minimum Gasteiger partial charge on any atom is -0.494 e. The van der Waals surface area contributed by atoms with Crippen LogP contribution in [0.4, 0.5) is 10.5 Å². The van der Waals surface area contributed by atoms with E-state index < -0.39 is 0 Å². The van der Waals surface area contributed by atoms with Gasteiger partial charge in [-0.05, 0) is 94.2 Å². The molecule has 0 radical (unpaired) electrons. The first-order valence-electron chi connectivity index (χ1n) is 12.9. The Hall–Kier alpha value is -1.79. The maximum Gasteiger partial charge on any atom is 0.319 e. The standard InChI is InChI=1S/C26H40N4O2/c31-25(29-26-17-20-13-21(18-26)15-22(14-20)19-26)28-23-5-4-6-24(16-23)32-12-3-1-2-9-30-10-7-27-8-11-30/h4-6,16,20-22,27H,1-3,7-15,17-19H2,(H2,28,29,31). The van der Waals surface area contributed by atoms with E-state index in [2.05, 4.69) is 20.9 Å². The molecule has 2 amide bonds. The van der Waals surface area contributed by atoms with Gasteiger partial charge in [0.15, 0.2) is 0 Å². The maximum absolute atomic E-state index is 12.8. The van der Waals surface area contributed by atoms with Crippen molar-refractivity contribution in [3.63, 3.8) is 0 Å². The summed E-state index contributed by atoms with van der Waals surface area (Å²) in [6.07, 6.45) is 11.2. The van der Waals surface area contributed by atoms with E-state index in [9.17, 15) is 4.79 Å². The van der Waals surface area contributed by atoms with Gasteiger partial charge in [-0.2, -0.15) is 0 Å². The van der Waals surface area contributed by atoms with Crippen LogP contribution in [-0.4, -0.2) is 55.8 Å². The normalized spacial score (nSPS) is 31.4. The molecular weight excluding hydrogens is 400 g/mol. The van der Waals surface area contributed by atoms with Crippen LogP contribution in [-0.2, 0) is 0 Å². The number of unbranched alkanes of at least 4 members (excludes halogenated alkanes) is 2. The van der Waals surface area contributed by atoms with Gasteiger partial charge in [-0.3, -0.25) is 0 Å². The molecule has 176 valence electrons. The van der Waals surface area contributed by atoms with Crippen LogP contribution < -0.4 is 20.7 Å². The zero-order chi connectivity index (χ0) is 21.8. The summed E-state index contributed by atoms with van der Waals surface area (Å²) >= 11 is 0. The predicted molar refractivity (Wildman–Crippen MR) is 128 cm³/mol. The number of nitrogens with one attached hydrogen (secondary N) is 3. The van der Waals surface area contributed by atoms with E-state index in [1.54, 1.807) is 0 Å². The van der Waals surface area contributed by atoms with Crippen molar-refractivity contribution in [3.05, 3.63) is 24.3 Å². The molecule has 6 heteroatoms. The number of hydrogen-bond acceptors (Lipinski definition) is 4. The lowest BCUT2D eigenvalue weighted by atomic mass is 9.53. The molecule has 3 N–H and O–H groups in total. The van der Waals surface area contributed by atoms with E-state index in [0.29, 0.717) is 0 Å². The van der Waals surface area contributed by atoms with E-state index in [1.165, 1.54) is 71.0 Å². The number of carbonyl (C=O) groups is 1. The predicted octanol–water partition coefficient (Wildman–Crippen LogP) is 4.23. The molecule has 0 aromatic heterocycles. The van der Waals surface area contributed by atoms with E-state index in [4.69, 9.17) is 4.74 Å². The number of piperazine rings is 1. The van der Waals surface area contributed by atoms with Gasteiger partial charge in [0.1, 0.15) is 5.75 Å². The smallest absolute Gasteiger partial charge is 0.319 e. The Kier molecular flexibility index (Phi) is 6.88. The van der Waals surface area contributed by atoms with E-state index >= 15 is 0 Å². The number of nitrogens with zero attached hydrogens (tertiary/aromatic N) is 1. The number of carbonyl (C=O) groups excluding carboxylic acids is 1. The molecule has 4 saturated carbocycles. The molecule has 1 aliphatic heterocycles. The van der Waals surface area contributed by atoms with Crippen molar-refractivity contribution < 1.29 is 9.53 Å². The van der Waals surface area contributed by atoms with Gasteiger partial charge in [-0.1, -0.05) is 6.07 Å². The van der Waals surface area contributed by atoms with Crippen molar-refractivity contribution in [1.29, 1.82) is 0 Å². The highest BCUT2D eigenvalue weighted by molar-refractivity contribution is 5.90. The van der Waals surface area contributed by atoms with Crippen molar-refractivity contribution in [2.24, 2.45) is 17.8 Å². The number of benzene rings is 1. The molecule has 1 aromatic rings. The van der Waals surface area contributed by atoms with Crippen LogP contribution in [0.2, 0.25) is 0 Å². The Morgan fingerprint density at radius 3 is 2.47 bits per heavy atom. The molecule has 0 atom stereocenters. The van der Waals surface area contributed by atoms with Gasteiger partial charge in [-0.25, -0.2) is 4.79 Å². The van der Waals surface area contributed by atoms with Crippen LogP contribution in [0.3, 0.4) is 0 Å². The maximum atomic E-state index is 12.8. The van der Waals surface area contributed by atoms with Crippen molar-refractivity contribution in [2.75, 3.05) is 44.6 Å². The van der Waals surface area contributed by atoms with Gasteiger partial charge < -0.3 is 25.6 Å². The summed E-state index contributed by atoms with van der Waals surface area (Å²) < 4.78 is 5.96. The molecule has 1 heterocycles. The lowest BCUT2D eigenvalue weighted by molar-refractivity contribution is -0.0127. The molecule has 6 rings (SSSR count). The van der Waals surface area contributed by atoms with Crippen molar-refractivity contribution >= 4 is 11.7 Å². The van der Waals surface area contributed by atoms with E-state index in [-0.39, 0.29) is 11.6 Å². The first-order chi connectivity index (χ1) is 15.7. The highest BCUT2D eigenvalue weighted by Gasteiger charge is 2.51. The highest BCUT2D eigenvalue weighted by Crippen LogP contribution is 2.55. The number of urea groups is 1. The second kappa shape index (κ2) is 10.0. The third kappa shape index (κ3) is 5.57. The Balaban J connectivity index is 1.03. The fourth-order valence-electron chi connectivity index (χ4n) is 7.07. The summed E-state index contributed by atoms with van der Waals surface area (Å²) in [4.78, 5) is 15.3. The van der Waals surface area contributed by atoms with Gasteiger partial charge in [0.25, 0.3) is 0 Å². The fraction of sp³-hybridized carbons (Fsp3) is 0.731. The summed E-state index contributed by atoms with van der Waals surface area (Å²) in [5, 5.41) is 9.85. The number of amides is 2. The average molecular weight is 441 g/mol. The van der Waals surface area contributed by atoms with Gasteiger partial charge in [0.05, 0.1) is 6.61 Å². The Labute approximate surface area is 192 Å². The van der Waals surface area contributed by atoms with Crippen LogP contribution in [0.15, 0.2) is 24.3 Å². The molecule has 1 saturated heterocycles. The first-order valence-corrected chi connectivity index (χ1v) is 12.9. The summed E-state index contributed by atoms with van der Waals surface area (Å²) in [7, 11) is 0. The molecule has 5 fully saturated rings. The number of anilines is 1. The van der Waals surface area contributed by atoms with Gasteiger partial charge in [-0.15, -0.1) is 0 Å². The molecule has 0 unspecified atom stereocenters. The zero-order valence-electron chi connectivity index (χ0n) is 19.4. The fourth-order valence-corrected chi connectivity index (χ4v) is 7.07. The highest BCUT2D eigenvalue weighted by atomic mass is 16.5. The lowest BCUT2D eigenvalue weighted by Crippen LogP contribution is -2.60. The lowest BCUT2D eigenvalue weighted by Gasteiger charge is -2.56. The van der Waals surface area contributed by atoms with Crippen LogP contribution in [0, 0.1) is 17.8 Å². The van der Waals surface area contributed by atoms with Gasteiger partial charge >= 0.3 is 6.03 Å². The second-order valence-electron chi connectivity index (χ2n) is 10.8. The molecule has 1 aromatic carbocycles. The summed E-state index contributed by atoms with van der Waals surface area (Å²) in [6.45, 7) is 6.51. The summed E-state index contributed by atoms with van der Waals surface area (Å²) in [5.41, 5.74) is 0.848. The minimum absolute atomic E-state index is 0.0393. The largest absolute Gasteiger partial charge is 0.494 e. The van der Waals surface area contributed by atoms with Gasteiger partial charge in [0.2, 0.25) is 0 Å². The second-order valence-corrected chi connectivity index (χ2v) is 10.8. The van der Waals surface area contributed by atoms with Crippen molar-refractivity contribution in [2.45, 2.75) is 63.3 Å². The molecule has 4 bridgehead atoms. The summed E-state index contributed by atoms with van der Waals surface area (Å²) in [5.74, 6) is 3.32. The first kappa shape index (κ1) is 22.0. The topological polar surface area (TPSA) is 65.6 Å². The molecule has 5 aliphatic rings. The monoisotopic (exact) mass is 440 g/mol. The van der Waals surface area contributed by atoms with Crippen LogP contribution >= 0.6 is 0 Å². The van der Waals surface area contributed by atoms with E-state index in [1.807, 2.05) is 24.3 Å². The molecular formula is C26H40N4O2. The molecule has 6 nitrogen and oxygen atoms in total. The average Bonchev–Trinajstić information content (AvgIpc) is 2.76. The van der Waals surface area contributed by atoms with Crippen molar-refractivity contribution in [3.8, 4) is 5.75 Å². The van der Waals surface area contributed by atoms with Gasteiger partial charge in [0, 0.05) is 43.5 Å². The number of ether oxygens (including phenoxy) is 1. The minimum atomic E-state index is -0.0583. The third-order valence-corrected chi connectivity index (χ3v) is 8.11. The third-order valence-electron chi connectivity index (χ3n) is 8.11. The van der Waals surface area contributed by atoms with Crippen LogP contribution in [0.1, 0.15) is 57.8 Å². The Bertz CT molecular complexity index is 742. The van der Waals surface area contributed by atoms with Crippen LogP contribution in [0.5, 0.6) is 5.75 Å². The number of hydrogen-bond donors (Lipinski definition) is 3. The van der Waals surface area contributed by atoms with E-state index in [0.717, 1.165) is 55.3 Å². The molecule has 0 spiro atoms. The number of rotatable bonds is 9.